The van der Waals surface area contributed by atoms with Crippen molar-refractivity contribution < 1.29 is 27.2 Å². The molecule has 0 bridgehead atoms. The molecular weight excluding hydrogens is 422 g/mol. The van der Waals surface area contributed by atoms with E-state index in [4.69, 9.17) is 8.83 Å². The van der Waals surface area contributed by atoms with Gasteiger partial charge in [0.2, 0.25) is 5.91 Å². The van der Waals surface area contributed by atoms with Crippen LogP contribution in [0, 0.1) is 6.92 Å². The number of sulfone groups is 1. The van der Waals surface area contributed by atoms with Crippen LogP contribution in [0.25, 0.3) is 21.9 Å². The number of aliphatic hydroxyl groups excluding tert-OH is 1. The fraction of sp³-hybridized carbons (Fsp3) is 0.455. The monoisotopic (exact) mass is 447 g/mol. The summed E-state index contributed by atoms with van der Waals surface area (Å²) in [5, 5.41) is 14.0. The Kier molecular flexibility index (Phi) is 5.01. The number of benzene rings is 1. The van der Waals surface area contributed by atoms with Gasteiger partial charge in [-0.25, -0.2) is 13.2 Å². The fourth-order valence-electron chi connectivity index (χ4n) is 4.08. The molecule has 1 saturated heterocycles. The quantitative estimate of drug-likeness (QED) is 0.588. The van der Waals surface area contributed by atoms with Crippen LogP contribution in [0.4, 0.5) is 0 Å². The number of rotatable bonds is 3. The molecule has 0 aliphatic carbocycles. The third kappa shape index (κ3) is 3.99. The molecule has 1 aliphatic heterocycles. The van der Waals surface area contributed by atoms with E-state index in [1.807, 2.05) is 6.07 Å². The van der Waals surface area contributed by atoms with Gasteiger partial charge in [0, 0.05) is 22.4 Å². The van der Waals surface area contributed by atoms with Crippen LogP contribution in [0.3, 0.4) is 0 Å². The molecule has 8 nitrogen and oxygen atoms in total. The highest BCUT2D eigenvalue weighted by Gasteiger charge is 2.37. The van der Waals surface area contributed by atoms with Crippen LogP contribution in [-0.2, 0) is 26.5 Å². The maximum absolute atomic E-state index is 12.6. The molecule has 1 amide bonds. The lowest BCUT2D eigenvalue weighted by Crippen LogP contribution is -2.43. The molecule has 0 radical (unpaired) electrons. The Balaban J connectivity index is 1.70. The molecule has 1 fully saturated rings. The average Bonchev–Trinajstić information content (AvgIpc) is 3.16. The molecule has 2 atom stereocenters. The van der Waals surface area contributed by atoms with E-state index >= 15 is 0 Å². The fourth-order valence-corrected chi connectivity index (χ4v) is 5.82. The number of aliphatic hydroxyl groups is 1. The number of nitrogens with one attached hydrogen (secondary N) is 1. The highest BCUT2D eigenvalue weighted by atomic mass is 32.2. The normalized spacial score (nSPS) is 21.1. The minimum absolute atomic E-state index is 0.145. The summed E-state index contributed by atoms with van der Waals surface area (Å²) in [6.07, 6.45) is 0.267. The van der Waals surface area contributed by atoms with Crippen molar-refractivity contribution in [2.24, 2.45) is 0 Å². The van der Waals surface area contributed by atoms with Gasteiger partial charge in [0.25, 0.3) is 0 Å². The minimum atomic E-state index is -3.39. The number of hydrogen-bond acceptors (Lipinski definition) is 7. The predicted molar refractivity (Wildman–Crippen MR) is 116 cm³/mol. The zero-order chi connectivity index (χ0) is 22.7. The van der Waals surface area contributed by atoms with Crippen LogP contribution in [-0.4, -0.2) is 43.1 Å². The van der Waals surface area contributed by atoms with E-state index in [-0.39, 0.29) is 28.9 Å². The number of furan rings is 1. The van der Waals surface area contributed by atoms with Crippen LogP contribution < -0.4 is 10.9 Å². The van der Waals surface area contributed by atoms with Gasteiger partial charge in [0.15, 0.2) is 9.84 Å². The number of carbonyl (C=O) groups is 1. The van der Waals surface area contributed by atoms with Gasteiger partial charge in [-0.15, -0.1) is 0 Å². The molecule has 3 aromatic rings. The molecule has 0 spiro atoms. The van der Waals surface area contributed by atoms with Crippen molar-refractivity contribution in [2.45, 2.75) is 51.7 Å². The zero-order valence-electron chi connectivity index (χ0n) is 17.8. The number of fused-ring (bicyclic) bond motifs is 2. The molecule has 1 aliphatic rings. The second kappa shape index (κ2) is 7.20. The van der Waals surface area contributed by atoms with E-state index in [2.05, 4.69) is 26.1 Å². The van der Waals surface area contributed by atoms with Gasteiger partial charge < -0.3 is 19.3 Å². The minimum Gasteiger partial charge on any atom is -0.464 e. The predicted octanol–water partition coefficient (Wildman–Crippen LogP) is 1.96. The lowest BCUT2D eigenvalue weighted by Gasteiger charge is -2.17. The van der Waals surface area contributed by atoms with Crippen molar-refractivity contribution in [1.29, 1.82) is 0 Å². The molecule has 9 heteroatoms. The van der Waals surface area contributed by atoms with Gasteiger partial charge in [-0.1, -0.05) is 20.8 Å². The third-order valence-electron chi connectivity index (χ3n) is 5.80. The molecule has 3 heterocycles. The Morgan fingerprint density at radius 3 is 2.52 bits per heavy atom. The average molecular weight is 448 g/mol. The molecule has 2 aromatic heterocycles. The molecule has 1 aromatic carbocycles. The van der Waals surface area contributed by atoms with Crippen LogP contribution in [0.5, 0.6) is 0 Å². The van der Waals surface area contributed by atoms with Gasteiger partial charge >= 0.3 is 5.63 Å². The van der Waals surface area contributed by atoms with E-state index in [0.717, 1.165) is 10.9 Å². The topological polar surface area (TPSA) is 127 Å². The second-order valence-electron chi connectivity index (χ2n) is 9.23. The smallest absolute Gasteiger partial charge is 0.340 e. The number of carbonyl (C=O) groups excluding carboxylic acids is 1. The Morgan fingerprint density at radius 1 is 1.19 bits per heavy atom. The standard InChI is InChI=1S/C22H25NO7S/c1-11-12-5-14-15(22(2,3)4)8-29-18(14)7-19(12)30-21(26)13(11)6-20(25)23-16-9-31(27,28)10-17(16)24/h5,7-8,16-17,24H,6,9-10H2,1-4H3,(H,23,25)/t16-,17+/m1/s1. The summed E-state index contributed by atoms with van der Waals surface area (Å²) in [5.74, 6) is -1.25. The first kappa shape index (κ1) is 21.6. The summed E-state index contributed by atoms with van der Waals surface area (Å²) < 4.78 is 34.4. The lowest BCUT2D eigenvalue weighted by molar-refractivity contribution is -0.121. The van der Waals surface area contributed by atoms with Crippen molar-refractivity contribution in [2.75, 3.05) is 11.5 Å². The highest BCUT2D eigenvalue weighted by molar-refractivity contribution is 7.91. The van der Waals surface area contributed by atoms with Crippen LogP contribution in [0.1, 0.15) is 37.5 Å². The van der Waals surface area contributed by atoms with Crippen molar-refractivity contribution in [3.8, 4) is 0 Å². The summed E-state index contributed by atoms with van der Waals surface area (Å²) in [5.41, 5.74) is 2.03. The molecule has 0 unspecified atom stereocenters. The van der Waals surface area contributed by atoms with E-state index in [0.29, 0.717) is 22.1 Å². The first-order chi connectivity index (χ1) is 14.4. The van der Waals surface area contributed by atoms with Crippen LogP contribution >= 0.6 is 0 Å². The maximum Gasteiger partial charge on any atom is 0.340 e. The first-order valence-electron chi connectivity index (χ1n) is 10.0. The maximum atomic E-state index is 12.6. The molecule has 4 rings (SSSR count). The first-order valence-corrected chi connectivity index (χ1v) is 11.8. The Bertz CT molecular complexity index is 1360. The number of aryl methyl sites for hydroxylation is 1. The summed E-state index contributed by atoms with van der Waals surface area (Å²) >= 11 is 0. The molecule has 166 valence electrons. The van der Waals surface area contributed by atoms with Crippen molar-refractivity contribution in [1.82, 2.24) is 5.32 Å². The van der Waals surface area contributed by atoms with Gasteiger partial charge in [0.05, 0.1) is 41.9 Å². The van der Waals surface area contributed by atoms with Gasteiger partial charge in [0.1, 0.15) is 11.2 Å². The Morgan fingerprint density at radius 2 is 1.90 bits per heavy atom. The third-order valence-corrected chi connectivity index (χ3v) is 7.51. The SMILES string of the molecule is Cc1c(CC(=O)N[C@@H]2CS(=O)(=O)C[C@@H]2O)c(=O)oc2cc3occ(C(C)(C)C)c3cc12. The summed E-state index contributed by atoms with van der Waals surface area (Å²) in [6, 6.07) is 2.70. The zero-order valence-corrected chi connectivity index (χ0v) is 18.6. The number of amides is 1. The molecule has 2 N–H and O–H groups in total. The molecule has 0 saturated carbocycles. The van der Waals surface area contributed by atoms with Crippen molar-refractivity contribution in [3.05, 3.63) is 45.5 Å². The summed E-state index contributed by atoms with van der Waals surface area (Å²) in [4.78, 5) is 25.1. The molecular formula is C22H25NO7S. The van der Waals surface area contributed by atoms with Gasteiger partial charge in [-0.05, 0) is 24.0 Å². The van der Waals surface area contributed by atoms with Crippen LogP contribution in [0.2, 0.25) is 0 Å². The summed E-state index contributed by atoms with van der Waals surface area (Å²) in [6.45, 7) is 7.98. The lowest BCUT2D eigenvalue weighted by atomic mass is 9.86. The highest BCUT2D eigenvalue weighted by Crippen LogP contribution is 2.35. The van der Waals surface area contributed by atoms with E-state index in [1.54, 1.807) is 19.3 Å². The van der Waals surface area contributed by atoms with Crippen LogP contribution in [0.15, 0.2) is 32.0 Å². The van der Waals surface area contributed by atoms with E-state index in [1.165, 1.54) is 0 Å². The second-order valence-corrected chi connectivity index (χ2v) is 11.4. The van der Waals surface area contributed by atoms with E-state index in [9.17, 15) is 23.1 Å². The Hall–Kier alpha value is -2.65. The van der Waals surface area contributed by atoms with Crippen molar-refractivity contribution in [3.63, 3.8) is 0 Å². The van der Waals surface area contributed by atoms with E-state index < -0.39 is 33.5 Å². The Labute approximate surface area is 179 Å². The van der Waals surface area contributed by atoms with Gasteiger partial charge in [-0.3, -0.25) is 4.79 Å². The summed E-state index contributed by atoms with van der Waals surface area (Å²) in [7, 11) is -3.39. The number of hydrogen-bond donors (Lipinski definition) is 2. The molecule has 31 heavy (non-hydrogen) atoms. The van der Waals surface area contributed by atoms with Gasteiger partial charge in [-0.2, -0.15) is 0 Å². The van der Waals surface area contributed by atoms with Crippen molar-refractivity contribution >= 4 is 37.7 Å². The largest absolute Gasteiger partial charge is 0.464 e.